The first kappa shape index (κ1) is 19.4. The minimum atomic E-state index is 0. The smallest absolute Gasteiger partial charge is 0.0214 e. The zero-order chi connectivity index (χ0) is 15.1. The van der Waals surface area contributed by atoms with E-state index >= 15 is 0 Å². The van der Waals surface area contributed by atoms with Crippen LogP contribution in [0.25, 0.3) is 0 Å². The monoisotopic (exact) mass is 284 g/mol. The van der Waals surface area contributed by atoms with Gasteiger partial charge in [-0.15, -0.1) is 0 Å². The summed E-state index contributed by atoms with van der Waals surface area (Å²) in [4.78, 5) is 0. The summed E-state index contributed by atoms with van der Waals surface area (Å²) in [5, 5.41) is 0. The highest BCUT2D eigenvalue weighted by Gasteiger charge is 2.04. The van der Waals surface area contributed by atoms with Crippen LogP contribution in [0.5, 0.6) is 0 Å². The minimum Gasteiger partial charge on any atom is -0.0776 e. The first-order valence-electron chi connectivity index (χ1n) is 7.54. The van der Waals surface area contributed by atoms with E-state index in [-0.39, 0.29) is 7.43 Å². The molecule has 0 fully saturated rings. The first-order valence-corrected chi connectivity index (χ1v) is 7.54. The predicted molar refractivity (Wildman–Crippen MR) is 97.3 cm³/mol. The van der Waals surface area contributed by atoms with Crippen LogP contribution in [0.1, 0.15) is 69.2 Å². The van der Waals surface area contributed by atoms with E-state index in [4.69, 9.17) is 0 Å². The van der Waals surface area contributed by atoms with Gasteiger partial charge < -0.3 is 0 Å². The highest BCUT2D eigenvalue weighted by atomic mass is 14.1. The quantitative estimate of drug-likeness (QED) is 0.564. The fourth-order valence-electron chi connectivity index (χ4n) is 2.58. The zero-order valence-corrected chi connectivity index (χ0v) is 13.8. The molecule has 0 aliphatic heterocycles. The largest absolute Gasteiger partial charge is 0.0776 e. The number of benzene rings is 2. The fraction of sp³-hybridized carbons (Fsp3) is 0.429. The normalized spacial score (nSPS) is 9.90. The van der Waals surface area contributed by atoms with Crippen molar-refractivity contribution < 1.29 is 0 Å². The molecule has 2 aromatic rings. The molecule has 21 heavy (non-hydrogen) atoms. The molecule has 0 atom stereocenters. The third-order valence-corrected chi connectivity index (χ3v) is 3.59. The van der Waals surface area contributed by atoms with Crippen LogP contribution in [0, 0.1) is 13.8 Å². The molecule has 0 aliphatic rings. The third-order valence-electron chi connectivity index (χ3n) is 3.59. The van der Waals surface area contributed by atoms with Crippen LogP contribution in [0.3, 0.4) is 0 Å². The Balaban J connectivity index is 0.000000370. The van der Waals surface area contributed by atoms with E-state index in [1.165, 1.54) is 22.3 Å². The maximum Gasteiger partial charge on any atom is -0.0214 e. The lowest BCUT2D eigenvalue weighted by molar-refractivity contribution is 0.846. The number of hydrogen-bond acceptors (Lipinski definition) is 0. The lowest BCUT2D eigenvalue weighted by Crippen LogP contribution is -1.94. The summed E-state index contributed by atoms with van der Waals surface area (Å²) in [6.45, 7) is 13.3. The van der Waals surface area contributed by atoms with E-state index in [0.29, 0.717) is 11.8 Å². The molecule has 0 nitrogen and oxygen atoms in total. The standard InChI is InChI=1S/C11H16.C9H12.CH4/c1-8(2)11-9(3)6-5-7-10(11)4;1-8(2)9-6-4-3-5-7-9;/h5-8H,1-4H3;3-8H,1-2H3;1H4. The summed E-state index contributed by atoms with van der Waals surface area (Å²) < 4.78 is 0. The van der Waals surface area contributed by atoms with Crippen molar-refractivity contribution in [2.24, 2.45) is 0 Å². The van der Waals surface area contributed by atoms with Crippen LogP contribution in [0.4, 0.5) is 0 Å². The Labute approximate surface area is 132 Å². The van der Waals surface area contributed by atoms with Crippen molar-refractivity contribution in [2.45, 2.75) is 60.8 Å². The number of aryl methyl sites for hydroxylation is 2. The second-order valence-electron chi connectivity index (χ2n) is 6.03. The van der Waals surface area contributed by atoms with E-state index in [2.05, 4.69) is 84.0 Å². The molecule has 2 rings (SSSR count). The molecular weight excluding hydrogens is 252 g/mol. The average Bonchev–Trinajstić information content (AvgIpc) is 2.40. The summed E-state index contributed by atoms with van der Waals surface area (Å²) in [6.07, 6.45) is 0. The second kappa shape index (κ2) is 9.39. The van der Waals surface area contributed by atoms with Crippen LogP contribution < -0.4 is 0 Å². The van der Waals surface area contributed by atoms with Crippen molar-refractivity contribution in [1.29, 1.82) is 0 Å². The second-order valence-corrected chi connectivity index (χ2v) is 6.03. The summed E-state index contributed by atoms with van der Waals surface area (Å²) in [7, 11) is 0. The maximum absolute atomic E-state index is 2.25. The lowest BCUT2D eigenvalue weighted by atomic mass is 9.94. The van der Waals surface area contributed by atoms with Crippen LogP contribution >= 0.6 is 0 Å². The molecular formula is C21H32. The molecule has 0 unspecified atom stereocenters. The van der Waals surface area contributed by atoms with Crippen LogP contribution in [-0.2, 0) is 0 Å². The Morgan fingerprint density at radius 1 is 0.619 bits per heavy atom. The van der Waals surface area contributed by atoms with Crippen molar-refractivity contribution in [3.8, 4) is 0 Å². The van der Waals surface area contributed by atoms with Crippen molar-refractivity contribution in [3.05, 3.63) is 70.8 Å². The first-order chi connectivity index (χ1) is 9.43. The van der Waals surface area contributed by atoms with E-state index in [1.54, 1.807) is 0 Å². The molecule has 0 heteroatoms. The molecule has 0 spiro atoms. The van der Waals surface area contributed by atoms with Gasteiger partial charge in [-0.25, -0.2) is 0 Å². The third kappa shape index (κ3) is 6.16. The Hall–Kier alpha value is -1.56. The molecule has 0 aliphatic carbocycles. The molecule has 0 bridgehead atoms. The van der Waals surface area contributed by atoms with Gasteiger partial charge in [0, 0.05) is 0 Å². The summed E-state index contributed by atoms with van der Waals surface area (Å²) in [5.74, 6) is 1.31. The van der Waals surface area contributed by atoms with Gasteiger partial charge in [-0.3, -0.25) is 0 Å². The van der Waals surface area contributed by atoms with Crippen molar-refractivity contribution >= 4 is 0 Å². The van der Waals surface area contributed by atoms with Gasteiger partial charge in [0.15, 0.2) is 0 Å². The fourth-order valence-corrected chi connectivity index (χ4v) is 2.58. The van der Waals surface area contributed by atoms with Crippen LogP contribution in [0.15, 0.2) is 48.5 Å². The molecule has 0 amide bonds. The van der Waals surface area contributed by atoms with Gasteiger partial charge >= 0.3 is 0 Å². The van der Waals surface area contributed by atoms with E-state index < -0.39 is 0 Å². The number of hydrogen-bond donors (Lipinski definition) is 0. The van der Waals surface area contributed by atoms with Gasteiger partial charge in [0.2, 0.25) is 0 Å². The zero-order valence-electron chi connectivity index (χ0n) is 13.8. The molecule has 0 heterocycles. The molecule has 0 saturated heterocycles. The Kier molecular flexibility index (Phi) is 8.69. The summed E-state index contributed by atoms with van der Waals surface area (Å²) >= 11 is 0. The molecule has 0 saturated carbocycles. The summed E-state index contributed by atoms with van der Waals surface area (Å²) in [6, 6.07) is 17.0. The Morgan fingerprint density at radius 3 is 1.38 bits per heavy atom. The minimum absolute atomic E-state index is 0. The molecule has 2 aromatic carbocycles. The highest BCUT2D eigenvalue weighted by Crippen LogP contribution is 2.22. The van der Waals surface area contributed by atoms with Crippen molar-refractivity contribution in [1.82, 2.24) is 0 Å². The maximum atomic E-state index is 2.25. The average molecular weight is 284 g/mol. The van der Waals surface area contributed by atoms with Gasteiger partial charge in [-0.1, -0.05) is 83.7 Å². The molecule has 0 aromatic heterocycles. The lowest BCUT2D eigenvalue weighted by Gasteiger charge is -2.12. The van der Waals surface area contributed by atoms with Gasteiger partial charge in [0.25, 0.3) is 0 Å². The van der Waals surface area contributed by atoms with Gasteiger partial charge in [-0.05, 0) is 47.9 Å². The highest BCUT2D eigenvalue weighted by molar-refractivity contribution is 5.35. The molecule has 116 valence electrons. The molecule has 0 radical (unpaired) electrons. The van der Waals surface area contributed by atoms with E-state index in [1.807, 2.05) is 6.07 Å². The predicted octanol–water partition coefficient (Wildman–Crippen LogP) is 6.87. The SMILES string of the molecule is C.CC(C)c1ccccc1.Cc1cccc(C)c1C(C)C. The van der Waals surface area contributed by atoms with Crippen molar-refractivity contribution in [3.63, 3.8) is 0 Å². The van der Waals surface area contributed by atoms with Crippen LogP contribution in [-0.4, -0.2) is 0 Å². The number of rotatable bonds is 2. The van der Waals surface area contributed by atoms with Gasteiger partial charge in [-0.2, -0.15) is 0 Å². The summed E-state index contributed by atoms with van der Waals surface area (Å²) in [5.41, 5.74) is 5.75. The molecule has 0 N–H and O–H groups in total. The Bertz CT molecular complexity index is 487. The van der Waals surface area contributed by atoms with Crippen molar-refractivity contribution in [2.75, 3.05) is 0 Å². The van der Waals surface area contributed by atoms with Crippen LogP contribution in [0.2, 0.25) is 0 Å². The van der Waals surface area contributed by atoms with E-state index in [0.717, 1.165) is 0 Å². The van der Waals surface area contributed by atoms with E-state index in [9.17, 15) is 0 Å². The van der Waals surface area contributed by atoms with Gasteiger partial charge in [0.1, 0.15) is 0 Å². The topological polar surface area (TPSA) is 0 Å². The Morgan fingerprint density at radius 2 is 1.10 bits per heavy atom. The van der Waals surface area contributed by atoms with Gasteiger partial charge in [0.05, 0.1) is 0 Å².